The van der Waals surface area contributed by atoms with Gasteiger partial charge in [0, 0.05) is 29.9 Å². The van der Waals surface area contributed by atoms with Gasteiger partial charge in [0.05, 0.1) is 0 Å². The van der Waals surface area contributed by atoms with Gasteiger partial charge in [-0.05, 0) is 51.1 Å². The van der Waals surface area contributed by atoms with Crippen LogP contribution in [0.4, 0.5) is 13.2 Å². The number of nitrogens with zero attached hydrogens (tertiary/aromatic N) is 1. The van der Waals surface area contributed by atoms with Crippen molar-refractivity contribution in [2.24, 2.45) is 5.92 Å². The molecule has 1 fully saturated rings. The molecule has 178 valence electrons. The number of rotatable bonds is 3. The molecule has 0 amide bonds. The lowest BCUT2D eigenvalue weighted by Gasteiger charge is -2.56. The number of alkyl halides is 3. The third kappa shape index (κ3) is 2.96. The number of carbonyl (C=O) groups excluding carboxylic acids is 2. The maximum atomic E-state index is 13.2. The zero-order valence-corrected chi connectivity index (χ0v) is 18.3. The van der Waals surface area contributed by atoms with Gasteiger partial charge in [-0.25, -0.2) is 4.79 Å². The Morgan fingerprint density at radius 2 is 2.00 bits per heavy atom. The number of piperidine rings is 1. The molecule has 33 heavy (non-hydrogen) atoms. The minimum atomic E-state index is -5.19. The summed E-state index contributed by atoms with van der Waals surface area (Å²) in [6.45, 7) is 2.36. The first kappa shape index (κ1) is 22.2. The maximum absolute atomic E-state index is 13.2. The lowest BCUT2D eigenvalue weighted by atomic mass is 9.53. The normalized spacial score (nSPS) is 33.5. The van der Waals surface area contributed by atoms with E-state index in [1.165, 1.54) is 6.92 Å². The van der Waals surface area contributed by atoms with Crippen molar-refractivity contribution in [3.8, 4) is 11.5 Å². The van der Waals surface area contributed by atoms with Crippen LogP contribution in [0.2, 0.25) is 0 Å². The van der Waals surface area contributed by atoms with Crippen molar-refractivity contribution in [3.63, 3.8) is 0 Å². The summed E-state index contributed by atoms with van der Waals surface area (Å²) < 4.78 is 56.5. The number of likely N-dealkylation sites (N-methyl/N-ethyl adjacent to an activating group) is 1. The molecule has 1 N–H and O–H groups in total. The maximum Gasteiger partial charge on any atom is 0.427 e. The Balaban J connectivity index is 1.60. The number of ether oxygens (including phenoxy) is 3. The van der Waals surface area contributed by atoms with E-state index < -0.39 is 41.3 Å². The molecule has 10 heteroatoms. The average molecular weight is 467 g/mol. The number of halogens is 3. The Morgan fingerprint density at radius 3 is 2.67 bits per heavy atom. The Hall–Kier alpha value is -2.59. The summed E-state index contributed by atoms with van der Waals surface area (Å²) in [5.41, 5.74) is -2.43. The van der Waals surface area contributed by atoms with Crippen LogP contribution in [0, 0.1) is 5.92 Å². The third-order valence-electron chi connectivity index (χ3n) is 7.56. The highest BCUT2D eigenvalue weighted by molar-refractivity contribution is 5.80. The van der Waals surface area contributed by atoms with E-state index in [0.29, 0.717) is 25.6 Å². The van der Waals surface area contributed by atoms with Gasteiger partial charge in [0.2, 0.25) is 0 Å². The smallest absolute Gasteiger partial charge is 0.427 e. The molecule has 6 atom stereocenters. The zero-order chi connectivity index (χ0) is 23.9. The van der Waals surface area contributed by atoms with Gasteiger partial charge >= 0.3 is 18.1 Å². The van der Waals surface area contributed by atoms with E-state index in [1.54, 1.807) is 12.1 Å². The first-order valence-electron chi connectivity index (χ1n) is 10.8. The number of aliphatic hydroxyl groups is 1. The molecule has 7 nitrogen and oxygen atoms in total. The molecule has 1 saturated heterocycles. The number of likely N-dealkylation sites (tertiary alicyclic amines) is 1. The molecular formula is C23H24F3NO6. The van der Waals surface area contributed by atoms with Crippen LogP contribution in [0.15, 0.2) is 24.3 Å². The summed E-state index contributed by atoms with van der Waals surface area (Å²) in [5, 5.41) is 9.80. The molecule has 0 saturated carbocycles. The van der Waals surface area contributed by atoms with Crippen LogP contribution in [-0.2, 0) is 26.2 Å². The van der Waals surface area contributed by atoms with Gasteiger partial charge in [-0.3, -0.25) is 4.79 Å². The van der Waals surface area contributed by atoms with Crippen molar-refractivity contribution < 1.29 is 42.1 Å². The molecular weight excluding hydrogens is 443 g/mol. The second-order valence-corrected chi connectivity index (χ2v) is 9.45. The summed E-state index contributed by atoms with van der Waals surface area (Å²) in [4.78, 5) is 26.3. The first-order chi connectivity index (χ1) is 15.4. The van der Waals surface area contributed by atoms with Crippen molar-refractivity contribution in [2.45, 2.75) is 62.1 Å². The van der Waals surface area contributed by atoms with Gasteiger partial charge in [-0.2, -0.15) is 13.2 Å². The van der Waals surface area contributed by atoms with Crippen LogP contribution in [0.1, 0.15) is 31.4 Å². The lowest BCUT2D eigenvalue weighted by Crippen LogP contribution is -2.65. The quantitative estimate of drug-likeness (QED) is 0.415. The van der Waals surface area contributed by atoms with E-state index in [4.69, 9.17) is 14.2 Å². The van der Waals surface area contributed by atoms with Crippen molar-refractivity contribution >= 4 is 11.9 Å². The molecule has 2 bridgehead atoms. The second kappa shape index (κ2) is 6.96. The Labute approximate surface area is 188 Å². The predicted molar refractivity (Wildman–Crippen MR) is 108 cm³/mol. The zero-order valence-electron chi connectivity index (χ0n) is 18.3. The average Bonchev–Trinajstić information content (AvgIpc) is 3.07. The van der Waals surface area contributed by atoms with Gasteiger partial charge in [-0.15, -0.1) is 0 Å². The monoisotopic (exact) mass is 467 g/mol. The fourth-order valence-electron chi connectivity index (χ4n) is 5.90. The molecule has 5 rings (SSSR count). The molecule has 2 heterocycles. The minimum absolute atomic E-state index is 0.0272. The van der Waals surface area contributed by atoms with Crippen LogP contribution >= 0.6 is 0 Å². The van der Waals surface area contributed by atoms with Crippen LogP contribution in [0.25, 0.3) is 0 Å². The van der Waals surface area contributed by atoms with Gasteiger partial charge in [0.1, 0.15) is 6.10 Å². The molecule has 2 aliphatic carbocycles. The third-order valence-corrected chi connectivity index (χ3v) is 7.56. The molecule has 4 aliphatic rings. The molecule has 1 aromatic rings. The topological polar surface area (TPSA) is 85.3 Å². The van der Waals surface area contributed by atoms with E-state index >= 15 is 0 Å². The van der Waals surface area contributed by atoms with E-state index in [1.807, 2.05) is 19.2 Å². The standard InChI is InChI=1S/C23H24F3NO6/c1-11(28)31-15-6-4-12-10-14-13-5-7-16(32-20(29)21(2,30)23(24,25)26)19-22(13,8-9-27(14)3)17(12)18(15)33-19/h4-7,13-14,16,19,30H,8-10H2,1-3H3/t13-,14+,16?,19?,21?,22-/m0/s1. The Morgan fingerprint density at radius 1 is 1.27 bits per heavy atom. The summed E-state index contributed by atoms with van der Waals surface area (Å²) in [5.74, 6) is -1.75. The molecule has 3 unspecified atom stereocenters. The molecule has 1 aromatic carbocycles. The van der Waals surface area contributed by atoms with Crippen LogP contribution < -0.4 is 9.47 Å². The van der Waals surface area contributed by atoms with Gasteiger partial charge < -0.3 is 24.2 Å². The molecule has 2 aliphatic heterocycles. The van der Waals surface area contributed by atoms with Crippen molar-refractivity contribution in [2.75, 3.05) is 13.6 Å². The van der Waals surface area contributed by atoms with E-state index in [-0.39, 0.29) is 17.7 Å². The predicted octanol–water partition coefficient (Wildman–Crippen LogP) is 2.28. The van der Waals surface area contributed by atoms with Crippen molar-refractivity contribution in [3.05, 3.63) is 35.4 Å². The minimum Gasteiger partial charge on any atom is -0.481 e. The Bertz CT molecular complexity index is 1070. The van der Waals surface area contributed by atoms with E-state index in [9.17, 15) is 27.9 Å². The SMILES string of the molecule is CC(=O)Oc1ccc2c3c1OC1C(OC(=O)C(C)(O)C(F)(F)F)C=C[C@H]4[C@@H](C2)N(C)CC[C@]314. The largest absolute Gasteiger partial charge is 0.481 e. The summed E-state index contributed by atoms with van der Waals surface area (Å²) in [7, 11) is 2.03. The van der Waals surface area contributed by atoms with Gasteiger partial charge in [0.15, 0.2) is 17.6 Å². The van der Waals surface area contributed by atoms with E-state index in [0.717, 1.165) is 17.5 Å². The summed E-state index contributed by atoms with van der Waals surface area (Å²) in [6, 6.07) is 3.68. The number of hydrogen-bond acceptors (Lipinski definition) is 7. The van der Waals surface area contributed by atoms with Crippen LogP contribution in [-0.4, -0.2) is 65.6 Å². The van der Waals surface area contributed by atoms with Crippen LogP contribution in [0.5, 0.6) is 11.5 Å². The van der Waals surface area contributed by atoms with E-state index in [2.05, 4.69) is 4.90 Å². The van der Waals surface area contributed by atoms with Crippen molar-refractivity contribution in [1.29, 1.82) is 0 Å². The fourth-order valence-corrected chi connectivity index (χ4v) is 5.90. The summed E-state index contributed by atoms with van der Waals surface area (Å²) in [6.07, 6.45) is -2.38. The van der Waals surface area contributed by atoms with Crippen LogP contribution in [0.3, 0.4) is 0 Å². The molecule has 0 aromatic heterocycles. The highest BCUT2D eigenvalue weighted by Crippen LogP contribution is 2.62. The highest BCUT2D eigenvalue weighted by atomic mass is 19.4. The lowest BCUT2D eigenvalue weighted by molar-refractivity contribution is -0.259. The first-order valence-corrected chi connectivity index (χ1v) is 10.8. The number of hydrogen-bond donors (Lipinski definition) is 1. The number of esters is 2. The highest BCUT2D eigenvalue weighted by Gasteiger charge is 2.66. The fraction of sp³-hybridized carbons (Fsp3) is 0.565. The van der Waals surface area contributed by atoms with Gasteiger partial charge in [-0.1, -0.05) is 12.1 Å². The number of carbonyl (C=O) groups is 2. The second-order valence-electron chi connectivity index (χ2n) is 9.45. The summed E-state index contributed by atoms with van der Waals surface area (Å²) >= 11 is 0. The van der Waals surface area contributed by atoms with Crippen molar-refractivity contribution in [1.82, 2.24) is 4.90 Å². The Kier molecular flexibility index (Phi) is 4.68. The number of benzene rings is 1. The molecule has 0 radical (unpaired) electrons. The van der Waals surface area contributed by atoms with Gasteiger partial charge in [0.25, 0.3) is 5.60 Å². The molecule has 1 spiro atoms.